The molecule has 0 saturated carbocycles. The summed E-state index contributed by atoms with van der Waals surface area (Å²) in [6, 6.07) is 4.62. The van der Waals surface area contributed by atoms with Gasteiger partial charge in [-0.3, -0.25) is 4.79 Å². The predicted molar refractivity (Wildman–Crippen MR) is 145 cm³/mol. The van der Waals surface area contributed by atoms with E-state index >= 15 is 0 Å². The van der Waals surface area contributed by atoms with E-state index in [2.05, 4.69) is 27.1 Å². The maximum absolute atomic E-state index is 14.6. The number of amides is 1. The average Bonchev–Trinajstić information content (AvgIpc) is 3.49. The number of thiazole rings is 1. The SMILES string of the molecule is CCc1cnc(N2CCC(c3nc(COc4ccc(/C=C5\SC(=S)NC5=O)cc4F)cs3)CC2)nc1. The van der Waals surface area contributed by atoms with E-state index in [4.69, 9.17) is 21.9 Å². The second-order valence-corrected chi connectivity index (χ2v) is 11.1. The number of nitrogens with one attached hydrogen (secondary N) is 1. The minimum absolute atomic E-state index is 0.146. The molecule has 1 aromatic carbocycles. The predicted octanol–water partition coefficient (Wildman–Crippen LogP) is 5.09. The molecule has 2 fully saturated rings. The summed E-state index contributed by atoms with van der Waals surface area (Å²) in [5, 5.41) is 5.61. The second kappa shape index (κ2) is 11.0. The lowest BCUT2D eigenvalue weighted by atomic mass is 9.98. The number of thiocarbonyl (C=S) groups is 1. The van der Waals surface area contributed by atoms with Gasteiger partial charge in [0.05, 0.1) is 15.6 Å². The molecule has 0 bridgehead atoms. The van der Waals surface area contributed by atoms with Gasteiger partial charge in [0, 0.05) is 36.8 Å². The maximum atomic E-state index is 14.6. The van der Waals surface area contributed by atoms with Crippen LogP contribution in [0.5, 0.6) is 5.75 Å². The van der Waals surface area contributed by atoms with Crippen molar-refractivity contribution in [2.24, 2.45) is 0 Å². The van der Waals surface area contributed by atoms with E-state index in [1.165, 1.54) is 6.07 Å². The number of thioether (sulfide) groups is 1. The highest BCUT2D eigenvalue weighted by molar-refractivity contribution is 8.26. The van der Waals surface area contributed by atoms with Gasteiger partial charge >= 0.3 is 0 Å². The van der Waals surface area contributed by atoms with Crippen LogP contribution in [0.3, 0.4) is 0 Å². The summed E-state index contributed by atoms with van der Waals surface area (Å²) >= 11 is 7.76. The number of carbonyl (C=O) groups excluding carboxylic acids is 1. The van der Waals surface area contributed by atoms with Gasteiger partial charge in [-0.15, -0.1) is 11.3 Å². The van der Waals surface area contributed by atoms with Crippen LogP contribution in [-0.4, -0.2) is 38.3 Å². The lowest BCUT2D eigenvalue weighted by molar-refractivity contribution is -0.115. The second-order valence-electron chi connectivity index (χ2n) is 8.51. The Hall–Kier alpha value is -2.89. The molecule has 7 nitrogen and oxygen atoms in total. The Bertz CT molecular complexity index is 1300. The van der Waals surface area contributed by atoms with Gasteiger partial charge in [0.15, 0.2) is 11.6 Å². The van der Waals surface area contributed by atoms with Crippen LogP contribution in [0, 0.1) is 5.82 Å². The van der Waals surface area contributed by atoms with Crippen molar-refractivity contribution >= 4 is 57.6 Å². The number of hydrogen-bond donors (Lipinski definition) is 1. The third-order valence-corrected chi connectivity index (χ3v) is 8.29. The van der Waals surface area contributed by atoms with Crippen molar-refractivity contribution < 1.29 is 13.9 Å². The van der Waals surface area contributed by atoms with Crippen LogP contribution in [0.15, 0.2) is 40.9 Å². The fourth-order valence-electron chi connectivity index (χ4n) is 4.04. The summed E-state index contributed by atoms with van der Waals surface area (Å²) in [6.07, 6.45) is 8.31. The molecule has 0 unspecified atom stereocenters. The molecule has 2 aromatic heterocycles. The molecule has 11 heteroatoms. The molecule has 4 heterocycles. The molecule has 36 heavy (non-hydrogen) atoms. The first kappa shape index (κ1) is 24.8. The van der Waals surface area contributed by atoms with Gasteiger partial charge in [-0.2, -0.15) is 0 Å². The zero-order valence-corrected chi connectivity index (χ0v) is 22.0. The van der Waals surface area contributed by atoms with E-state index in [1.807, 2.05) is 17.8 Å². The average molecular weight is 542 g/mol. The van der Waals surface area contributed by atoms with E-state index in [0.29, 0.717) is 20.7 Å². The van der Waals surface area contributed by atoms with Crippen molar-refractivity contribution in [2.45, 2.75) is 38.7 Å². The normalized spacial score (nSPS) is 17.6. The van der Waals surface area contributed by atoms with Gasteiger partial charge in [0.25, 0.3) is 5.91 Å². The highest BCUT2D eigenvalue weighted by Gasteiger charge is 2.25. The summed E-state index contributed by atoms with van der Waals surface area (Å²) in [4.78, 5) is 28.2. The van der Waals surface area contributed by atoms with Gasteiger partial charge < -0.3 is 15.0 Å². The minimum atomic E-state index is -0.493. The number of carbonyl (C=O) groups is 1. The van der Waals surface area contributed by atoms with Gasteiger partial charge in [-0.25, -0.2) is 19.3 Å². The van der Waals surface area contributed by atoms with Crippen molar-refractivity contribution in [3.05, 3.63) is 68.5 Å². The fraction of sp³-hybridized carbons (Fsp3) is 0.320. The smallest absolute Gasteiger partial charge is 0.263 e. The van der Waals surface area contributed by atoms with E-state index in [-0.39, 0.29) is 18.3 Å². The van der Waals surface area contributed by atoms with E-state index in [0.717, 1.165) is 66.3 Å². The van der Waals surface area contributed by atoms with Crippen molar-refractivity contribution in [2.75, 3.05) is 18.0 Å². The molecular weight excluding hydrogens is 518 g/mol. The largest absolute Gasteiger partial charge is 0.484 e. The Morgan fingerprint density at radius 1 is 1.28 bits per heavy atom. The number of hydrogen-bond acceptors (Lipinski definition) is 9. The van der Waals surface area contributed by atoms with Crippen LogP contribution in [0.25, 0.3) is 6.08 Å². The molecule has 5 rings (SSSR count). The van der Waals surface area contributed by atoms with Crippen molar-refractivity contribution in [3.63, 3.8) is 0 Å². The Morgan fingerprint density at radius 2 is 2.06 bits per heavy atom. The van der Waals surface area contributed by atoms with Crippen LogP contribution in [0.4, 0.5) is 10.3 Å². The van der Waals surface area contributed by atoms with Gasteiger partial charge in [0.1, 0.15) is 10.9 Å². The lowest BCUT2D eigenvalue weighted by Crippen LogP contribution is -2.34. The number of anilines is 1. The Morgan fingerprint density at radius 3 is 2.72 bits per heavy atom. The molecule has 0 radical (unpaired) electrons. The van der Waals surface area contributed by atoms with E-state index in [1.54, 1.807) is 29.5 Å². The Labute approximate surface area is 222 Å². The molecule has 0 aliphatic carbocycles. The van der Waals surface area contributed by atoms with Crippen molar-refractivity contribution in [1.82, 2.24) is 20.3 Å². The zero-order valence-electron chi connectivity index (χ0n) is 19.6. The van der Waals surface area contributed by atoms with Crippen molar-refractivity contribution in [3.8, 4) is 5.75 Å². The fourth-order valence-corrected chi connectivity index (χ4v) is 6.06. The number of nitrogens with zero attached hydrogens (tertiary/aromatic N) is 4. The molecule has 2 aliphatic heterocycles. The molecule has 2 saturated heterocycles. The summed E-state index contributed by atoms with van der Waals surface area (Å²) in [6.45, 7) is 4.07. The highest BCUT2D eigenvalue weighted by atomic mass is 32.2. The highest BCUT2D eigenvalue weighted by Crippen LogP contribution is 2.32. The zero-order chi connectivity index (χ0) is 25.1. The Kier molecular flexibility index (Phi) is 7.59. The first-order chi connectivity index (χ1) is 17.5. The first-order valence-corrected chi connectivity index (χ1v) is 13.8. The molecule has 3 aromatic rings. The number of rotatable bonds is 7. The van der Waals surface area contributed by atoms with Crippen LogP contribution in [-0.2, 0) is 17.8 Å². The number of ether oxygens (including phenoxy) is 1. The first-order valence-electron chi connectivity index (χ1n) is 11.7. The number of aryl methyl sites for hydroxylation is 1. The lowest BCUT2D eigenvalue weighted by Gasteiger charge is -2.31. The molecule has 0 spiro atoms. The molecule has 1 amide bonds. The standard InChI is InChI=1S/C25H24FN5O2S3/c1-2-15-11-27-24(28-12-15)31-7-5-17(6-8-31)23-29-18(14-35-23)13-33-20-4-3-16(9-19(20)26)10-21-22(32)30-25(34)36-21/h3-4,9-12,14,17H,2,5-8,13H2,1H3,(H,30,32,34)/b21-10-. The molecule has 2 aliphatic rings. The third kappa shape index (κ3) is 5.74. The van der Waals surface area contributed by atoms with E-state index < -0.39 is 5.82 Å². The summed E-state index contributed by atoms with van der Waals surface area (Å²) < 4.78 is 20.7. The van der Waals surface area contributed by atoms with Crippen LogP contribution in [0.1, 0.15) is 47.5 Å². The van der Waals surface area contributed by atoms with Crippen LogP contribution >= 0.6 is 35.3 Å². The van der Waals surface area contributed by atoms with Gasteiger partial charge in [-0.1, -0.05) is 37.0 Å². The van der Waals surface area contributed by atoms with Crippen LogP contribution in [0.2, 0.25) is 0 Å². The molecule has 1 N–H and O–H groups in total. The molecule has 0 atom stereocenters. The molecule has 186 valence electrons. The summed E-state index contributed by atoms with van der Waals surface area (Å²) in [5.41, 5.74) is 2.49. The topological polar surface area (TPSA) is 80.2 Å². The number of halogens is 1. The van der Waals surface area contributed by atoms with Gasteiger partial charge in [0.2, 0.25) is 5.95 Å². The monoisotopic (exact) mass is 541 g/mol. The van der Waals surface area contributed by atoms with Gasteiger partial charge in [-0.05, 0) is 48.6 Å². The minimum Gasteiger partial charge on any atom is -0.484 e. The number of aromatic nitrogens is 3. The third-order valence-electron chi connectivity index (χ3n) is 6.07. The summed E-state index contributed by atoms with van der Waals surface area (Å²) in [5.74, 6) is 0.560. The number of benzene rings is 1. The van der Waals surface area contributed by atoms with Crippen LogP contribution < -0.4 is 15.0 Å². The quantitative estimate of drug-likeness (QED) is 0.328. The Balaban J connectivity index is 1.15. The van der Waals surface area contributed by atoms with Crippen molar-refractivity contribution in [1.29, 1.82) is 0 Å². The maximum Gasteiger partial charge on any atom is 0.263 e. The van der Waals surface area contributed by atoms with E-state index in [9.17, 15) is 9.18 Å². The summed E-state index contributed by atoms with van der Waals surface area (Å²) in [7, 11) is 0. The molecular formula is C25H24FN5O2S3. The number of piperidine rings is 1.